The lowest BCUT2D eigenvalue weighted by Gasteiger charge is -2.06. The molecule has 0 bridgehead atoms. The first-order valence-electron chi connectivity index (χ1n) is 5.67. The number of carbonyl (C=O) groups excluding carboxylic acids is 1. The number of nitrogens with one attached hydrogen (secondary N) is 1. The summed E-state index contributed by atoms with van der Waals surface area (Å²) in [5.74, 6) is -0.179. The minimum absolute atomic E-state index is 0.0698. The van der Waals surface area contributed by atoms with Gasteiger partial charge in [-0.05, 0) is 12.1 Å². The van der Waals surface area contributed by atoms with E-state index in [0.717, 1.165) is 0 Å². The Bertz CT molecular complexity index is 700. The fourth-order valence-corrected chi connectivity index (χ4v) is 1.67. The molecule has 2 aromatic rings. The maximum atomic E-state index is 12.0. The number of benzene rings is 1. The van der Waals surface area contributed by atoms with Gasteiger partial charge in [0.15, 0.2) is 5.82 Å². The zero-order valence-electron chi connectivity index (χ0n) is 10.9. The van der Waals surface area contributed by atoms with Crippen LogP contribution in [0.1, 0.15) is 15.9 Å². The molecule has 0 atom stereocenters. The number of nitrogens with zero attached hydrogens (tertiary/aromatic N) is 3. The summed E-state index contributed by atoms with van der Waals surface area (Å²) < 4.78 is 6.36. The maximum Gasteiger partial charge on any atom is 0.260 e. The van der Waals surface area contributed by atoms with Crippen LogP contribution in [-0.4, -0.2) is 27.9 Å². The zero-order valence-corrected chi connectivity index (χ0v) is 10.9. The van der Waals surface area contributed by atoms with Crippen LogP contribution in [0.2, 0.25) is 0 Å². The third-order valence-electron chi connectivity index (χ3n) is 2.63. The fourth-order valence-electron chi connectivity index (χ4n) is 1.67. The first-order valence-corrected chi connectivity index (χ1v) is 5.67. The third-order valence-corrected chi connectivity index (χ3v) is 2.63. The predicted octanol–water partition coefficient (Wildman–Crippen LogP) is 1.26. The Morgan fingerprint density at radius 2 is 2.30 bits per heavy atom. The Morgan fingerprint density at radius 3 is 2.90 bits per heavy atom. The molecular formula is C13H12N4O3. The number of hydrogen-bond donors (Lipinski definition) is 2. The second-order valence-electron chi connectivity index (χ2n) is 4.01. The second-order valence-corrected chi connectivity index (χ2v) is 4.01. The molecule has 1 amide bonds. The molecule has 1 heterocycles. The van der Waals surface area contributed by atoms with E-state index in [4.69, 9.17) is 10.00 Å². The number of ether oxygens (including phenoxy) is 1. The number of carbonyl (C=O) groups is 1. The summed E-state index contributed by atoms with van der Waals surface area (Å²) in [7, 11) is 3.10. The highest BCUT2D eigenvalue weighted by Crippen LogP contribution is 2.24. The van der Waals surface area contributed by atoms with E-state index >= 15 is 0 Å². The number of phenols is 1. The van der Waals surface area contributed by atoms with Gasteiger partial charge in [0.25, 0.3) is 5.91 Å². The van der Waals surface area contributed by atoms with Crippen molar-refractivity contribution < 1.29 is 14.6 Å². The van der Waals surface area contributed by atoms with Crippen molar-refractivity contribution >= 4 is 11.7 Å². The number of methoxy groups -OCH3 is 1. The largest absolute Gasteiger partial charge is 0.507 e. The molecule has 0 fully saturated rings. The molecule has 7 nitrogen and oxygen atoms in total. The lowest BCUT2D eigenvalue weighted by molar-refractivity contribution is 0.102. The molecule has 0 saturated carbocycles. The highest BCUT2D eigenvalue weighted by atomic mass is 16.5. The Hall–Kier alpha value is -3.01. The van der Waals surface area contributed by atoms with Crippen LogP contribution in [0.25, 0.3) is 0 Å². The smallest absolute Gasteiger partial charge is 0.260 e. The monoisotopic (exact) mass is 272 g/mol. The van der Waals surface area contributed by atoms with Gasteiger partial charge in [-0.3, -0.25) is 9.48 Å². The number of aromatic nitrogens is 2. The topological polar surface area (TPSA) is 100 Å². The molecule has 2 rings (SSSR count). The number of aromatic hydroxyl groups is 1. The standard InChI is InChI=1S/C13H12N4O3/c1-17-7-8(6-14)12(16-17)15-13(19)10-4-3-9(20-2)5-11(10)18/h3-5,7,18H,1-2H3,(H,15,16,19). The average Bonchev–Trinajstić information content (AvgIpc) is 2.78. The Morgan fingerprint density at radius 1 is 1.55 bits per heavy atom. The van der Waals surface area contributed by atoms with Crippen LogP contribution in [0.5, 0.6) is 11.5 Å². The number of rotatable bonds is 3. The van der Waals surface area contributed by atoms with Crippen molar-refractivity contribution in [1.29, 1.82) is 5.26 Å². The third kappa shape index (κ3) is 2.54. The molecule has 0 radical (unpaired) electrons. The second kappa shape index (κ2) is 5.32. The molecule has 20 heavy (non-hydrogen) atoms. The Balaban J connectivity index is 2.26. The lowest BCUT2D eigenvalue weighted by atomic mass is 10.1. The average molecular weight is 272 g/mol. The molecule has 2 N–H and O–H groups in total. The molecule has 7 heteroatoms. The van der Waals surface area contributed by atoms with Crippen molar-refractivity contribution in [3.05, 3.63) is 35.5 Å². The van der Waals surface area contributed by atoms with E-state index in [-0.39, 0.29) is 22.7 Å². The highest BCUT2D eigenvalue weighted by Gasteiger charge is 2.16. The number of anilines is 1. The van der Waals surface area contributed by atoms with Crippen LogP contribution in [-0.2, 0) is 7.05 Å². The van der Waals surface area contributed by atoms with Crippen molar-refractivity contribution in [1.82, 2.24) is 9.78 Å². The van der Waals surface area contributed by atoms with Gasteiger partial charge in [-0.15, -0.1) is 0 Å². The Kier molecular flexibility index (Phi) is 3.57. The first-order chi connectivity index (χ1) is 9.55. The molecular weight excluding hydrogens is 260 g/mol. The van der Waals surface area contributed by atoms with Gasteiger partial charge in [0.1, 0.15) is 23.1 Å². The van der Waals surface area contributed by atoms with Crippen LogP contribution in [0, 0.1) is 11.3 Å². The van der Waals surface area contributed by atoms with Crippen LogP contribution in [0.15, 0.2) is 24.4 Å². The SMILES string of the molecule is COc1ccc(C(=O)Nc2nn(C)cc2C#N)c(O)c1. The van der Waals surface area contributed by atoms with Gasteiger partial charge in [0.2, 0.25) is 0 Å². The van der Waals surface area contributed by atoms with Crippen molar-refractivity contribution in [3.8, 4) is 17.6 Å². The van der Waals surface area contributed by atoms with E-state index in [9.17, 15) is 9.90 Å². The normalized spacial score (nSPS) is 9.85. The molecule has 1 aromatic carbocycles. The molecule has 0 spiro atoms. The summed E-state index contributed by atoms with van der Waals surface area (Å²) in [6, 6.07) is 6.24. The van der Waals surface area contributed by atoms with Gasteiger partial charge in [-0.25, -0.2) is 0 Å². The summed E-state index contributed by atoms with van der Waals surface area (Å²) in [5, 5.41) is 25.1. The fraction of sp³-hybridized carbons (Fsp3) is 0.154. The number of phenolic OH excluding ortho intramolecular Hbond substituents is 1. The number of aryl methyl sites for hydroxylation is 1. The van der Waals surface area contributed by atoms with Crippen molar-refractivity contribution in [3.63, 3.8) is 0 Å². The van der Waals surface area contributed by atoms with Crippen LogP contribution in [0.4, 0.5) is 5.82 Å². The molecule has 102 valence electrons. The summed E-state index contributed by atoms with van der Waals surface area (Å²) in [6.45, 7) is 0. The van der Waals surface area contributed by atoms with Gasteiger partial charge < -0.3 is 15.2 Å². The molecule has 0 aliphatic rings. The molecule has 0 aliphatic carbocycles. The van der Waals surface area contributed by atoms with E-state index in [2.05, 4.69) is 10.4 Å². The number of amides is 1. The highest BCUT2D eigenvalue weighted by molar-refractivity contribution is 6.06. The van der Waals surface area contributed by atoms with Gasteiger partial charge in [0, 0.05) is 19.3 Å². The van der Waals surface area contributed by atoms with Crippen LogP contribution < -0.4 is 10.1 Å². The first kappa shape index (κ1) is 13.4. The summed E-state index contributed by atoms with van der Waals surface area (Å²) in [5.41, 5.74) is 0.314. The van der Waals surface area contributed by atoms with Crippen LogP contribution in [0.3, 0.4) is 0 Å². The van der Waals surface area contributed by atoms with Gasteiger partial charge >= 0.3 is 0 Å². The van der Waals surface area contributed by atoms with Gasteiger partial charge in [-0.1, -0.05) is 0 Å². The predicted molar refractivity (Wildman–Crippen MR) is 70.5 cm³/mol. The van der Waals surface area contributed by atoms with E-state index in [1.165, 1.54) is 30.1 Å². The van der Waals surface area contributed by atoms with Crippen molar-refractivity contribution in [2.75, 3.05) is 12.4 Å². The number of hydrogen-bond acceptors (Lipinski definition) is 5. The summed E-state index contributed by atoms with van der Waals surface area (Å²) in [6.07, 6.45) is 1.49. The van der Waals surface area contributed by atoms with Crippen molar-refractivity contribution in [2.45, 2.75) is 0 Å². The Labute approximate surface area is 115 Å². The summed E-state index contributed by atoms with van der Waals surface area (Å²) >= 11 is 0. The van der Waals surface area contributed by atoms with Crippen LogP contribution >= 0.6 is 0 Å². The molecule has 0 unspecified atom stereocenters. The zero-order chi connectivity index (χ0) is 14.7. The summed E-state index contributed by atoms with van der Waals surface area (Å²) in [4.78, 5) is 12.0. The van der Waals surface area contributed by atoms with E-state index in [1.54, 1.807) is 13.1 Å². The van der Waals surface area contributed by atoms with E-state index in [0.29, 0.717) is 5.75 Å². The minimum atomic E-state index is -0.555. The lowest BCUT2D eigenvalue weighted by Crippen LogP contribution is -2.13. The minimum Gasteiger partial charge on any atom is -0.507 e. The molecule has 0 saturated heterocycles. The number of nitriles is 1. The van der Waals surface area contributed by atoms with Gasteiger partial charge in [0.05, 0.1) is 12.7 Å². The van der Waals surface area contributed by atoms with E-state index in [1.807, 2.05) is 6.07 Å². The van der Waals surface area contributed by atoms with Gasteiger partial charge in [-0.2, -0.15) is 10.4 Å². The molecule has 0 aliphatic heterocycles. The van der Waals surface area contributed by atoms with Crippen molar-refractivity contribution in [2.24, 2.45) is 7.05 Å². The quantitative estimate of drug-likeness (QED) is 0.876. The maximum absolute atomic E-state index is 12.0. The molecule has 1 aromatic heterocycles. The van der Waals surface area contributed by atoms with E-state index < -0.39 is 5.91 Å².